The summed E-state index contributed by atoms with van der Waals surface area (Å²) < 4.78 is 27.6. The Balaban J connectivity index is 1.58. The highest BCUT2D eigenvalue weighted by Gasteiger charge is 2.20. The van der Waals surface area contributed by atoms with Crippen molar-refractivity contribution in [1.82, 2.24) is 0 Å². The number of rotatable bonds is 6. The van der Waals surface area contributed by atoms with Crippen LogP contribution in [0.15, 0.2) is 49.1 Å². The molecule has 2 aromatic rings. The fraction of sp³-hybridized carbons (Fsp3) is 0.375. The van der Waals surface area contributed by atoms with E-state index < -0.39 is 17.2 Å². The van der Waals surface area contributed by atoms with Crippen LogP contribution >= 0.6 is 0 Å². The fourth-order valence-corrected chi connectivity index (χ4v) is 4.07. The molecule has 0 heterocycles. The number of allylic oxidation sites excluding steroid dienone is 1. The van der Waals surface area contributed by atoms with E-state index in [1.807, 2.05) is 30.3 Å². The van der Waals surface area contributed by atoms with Crippen LogP contribution in [0.2, 0.25) is 0 Å². The molecule has 3 rings (SSSR count). The lowest BCUT2D eigenvalue weighted by atomic mass is 9.78. The van der Waals surface area contributed by atoms with Crippen LogP contribution in [-0.4, -0.2) is 0 Å². The molecule has 0 bridgehead atoms. The van der Waals surface area contributed by atoms with Crippen molar-refractivity contribution < 1.29 is 8.78 Å². The molecule has 1 fully saturated rings. The topological polar surface area (TPSA) is 23.8 Å². The molecule has 1 aliphatic rings. The van der Waals surface area contributed by atoms with Gasteiger partial charge in [0.15, 0.2) is 0 Å². The molecule has 1 nitrogen and oxygen atoms in total. The molecule has 0 radical (unpaired) electrons. The Hall–Kier alpha value is -2.47. The molecule has 0 saturated heterocycles. The van der Waals surface area contributed by atoms with E-state index in [9.17, 15) is 8.78 Å². The second-order valence-corrected chi connectivity index (χ2v) is 7.57. The first kappa shape index (κ1) is 19.3. The molecular formula is C24H25F2N. The molecule has 1 saturated carbocycles. The molecular weight excluding hydrogens is 340 g/mol. The van der Waals surface area contributed by atoms with E-state index in [1.165, 1.54) is 49.8 Å². The first-order chi connectivity index (χ1) is 13.1. The van der Waals surface area contributed by atoms with Gasteiger partial charge < -0.3 is 0 Å². The molecule has 140 valence electrons. The van der Waals surface area contributed by atoms with Gasteiger partial charge in [-0.2, -0.15) is 5.26 Å². The van der Waals surface area contributed by atoms with Crippen LogP contribution in [0.4, 0.5) is 8.78 Å². The van der Waals surface area contributed by atoms with E-state index in [-0.39, 0.29) is 0 Å². The summed E-state index contributed by atoms with van der Waals surface area (Å²) in [5, 5.41) is 8.77. The summed E-state index contributed by atoms with van der Waals surface area (Å²) in [5.41, 5.74) is 1.93. The summed E-state index contributed by atoms with van der Waals surface area (Å²) in [6.07, 6.45) is 10.6. The molecule has 0 aromatic heterocycles. The van der Waals surface area contributed by atoms with Gasteiger partial charge in [-0.3, -0.25) is 0 Å². The second-order valence-electron chi connectivity index (χ2n) is 7.57. The van der Waals surface area contributed by atoms with Gasteiger partial charge in [0.2, 0.25) is 0 Å². The Morgan fingerprint density at radius 2 is 1.56 bits per heavy atom. The van der Waals surface area contributed by atoms with Gasteiger partial charge in [-0.05, 0) is 72.8 Å². The molecule has 0 atom stereocenters. The lowest BCUT2D eigenvalue weighted by Gasteiger charge is -2.27. The van der Waals surface area contributed by atoms with Gasteiger partial charge in [0, 0.05) is 0 Å². The number of halogens is 2. The smallest absolute Gasteiger partial charge is 0.144 e. The minimum atomic E-state index is -0.816. The van der Waals surface area contributed by atoms with E-state index >= 15 is 0 Å². The maximum absolute atomic E-state index is 13.8. The van der Waals surface area contributed by atoms with Crippen molar-refractivity contribution in [2.45, 2.75) is 44.9 Å². The third kappa shape index (κ3) is 4.83. The molecule has 1 aliphatic carbocycles. The molecule has 2 aromatic carbocycles. The summed E-state index contributed by atoms with van der Waals surface area (Å²) >= 11 is 0. The molecule has 0 spiro atoms. The van der Waals surface area contributed by atoms with E-state index in [4.69, 9.17) is 5.26 Å². The quantitative estimate of drug-likeness (QED) is 0.515. The van der Waals surface area contributed by atoms with E-state index in [2.05, 4.69) is 6.58 Å². The zero-order chi connectivity index (χ0) is 19.2. The first-order valence-electron chi connectivity index (χ1n) is 9.70. The number of benzene rings is 2. The molecule has 0 aliphatic heterocycles. The van der Waals surface area contributed by atoms with Crippen LogP contribution in [-0.2, 0) is 6.42 Å². The van der Waals surface area contributed by atoms with Gasteiger partial charge >= 0.3 is 0 Å². The summed E-state index contributed by atoms with van der Waals surface area (Å²) in [7, 11) is 0. The van der Waals surface area contributed by atoms with Crippen molar-refractivity contribution >= 4 is 0 Å². The van der Waals surface area contributed by atoms with Crippen molar-refractivity contribution in [2.75, 3.05) is 0 Å². The van der Waals surface area contributed by atoms with E-state index in [0.29, 0.717) is 5.56 Å². The lowest BCUT2D eigenvalue weighted by molar-refractivity contribution is 0.265. The number of aryl methyl sites for hydroxylation is 1. The van der Waals surface area contributed by atoms with Crippen LogP contribution in [0.3, 0.4) is 0 Å². The normalized spacial score (nSPS) is 19.4. The van der Waals surface area contributed by atoms with Gasteiger partial charge in [-0.25, -0.2) is 8.78 Å². The maximum Gasteiger partial charge on any atom is 0.144 e. The Morgan fingerprint density at radius 1 is 0.963 bits per heavy atom. The van der Waals surface area contributed by atoms with E-state index in [0.717, 1.165) is 30.2 Å². The maximum atomic E-state index is 13.8. The second kappa shape index (κ2) is 8.95. The van der Waals surface area contributed by atoms with Crippen molar-refractivity contribution in [2.24, 2.45) is 11.8 Å². The minimum absolute atomic E-state index is 0.455. The zero-order valence-electron chi connectivity index (χ0n) is 15.6. The number of nitriles is 1. The van der Waals surface area contributed by atoms with Crippen LogP contribution in [0.25, 0.3) is 11.1 Å². The third-order valence-electron chi connectivity index (χ3n) is 5.75. The highest BCUT2D eigenvalue weighted by Crippen LogP contribution is 2.33. The average Bonchev–Trinajstić information content (AvgIpc) is 2.68. The Bertz CT molecular complexity index is 801. The van der Waals surface area contributed by atoms with E-state index in [1.54, 1.807) is 6.07 Å². The summed E-state index contributed by atoms with van der Waals surface area (Å²) in [5.74, 6) is -0.00836. The lowest BCUT2D eigenvalue weighted by Crippen LogP contribution is -2.14. The monoisotopic (exact) mass is 365 g/mol. The molecule has 0 unspecified atom stereocenters. The number of nitrogens with zero attached hydrogens (tertiary/aromatic N) is 1. The standard InChI is InChI=1S/C24H25F2N/c1-2-3-17-4-6-18(7-5-17)8-9-19-10-12-20(13-11-19)21-14-23(25)22(16-27)24(26)15-21/h2,10-15,17-18H,1,3-9H2. The molecule has 0 N–H and O–H groups in total. The first-order valence-corrected chi connectivity index (χ1v) is 9.70. The van der Waals surface area contributed by atoms with Crippen LogP contribution < -0.4 is 0 Å². The largest absolute Gasteiger partial charge is 0.205 e. The predicted octanol–water partition coefficient (Wildman–Crippen LogP) is 6.82. The van der Waals surface area contributed by atoms with Gasteiger partial charge in [-0.15, -0.1) is 6.58 Å². The highest BCUT2D eigenvalue weighted by molar-refractivity contribution is 5.65. The minimum Gasteiger partial charge on any atom is -0.205 e. The van der Waals surface area contributed by atoms with Gasteiger partial charge in [-0.1, -0.05) is 43.2 Å². The van der Waals surface area contributed by atoms with Crippen molar-refractivity contribution in [3.05, 3.63) is 71.8 Å². The summed E-state index contributed by atoms with van der Waals surface area (Å²) in [4.78, 5) is 0. The van der Waals surface area contributed by atoms with Crippen molar-refractivity contribution in [3.8, 4) is 17.2 Å². The van der Waals surface area contributed by atoms with Crippen LogP contribution in [0.5, 0.6) is 0 Å². The van der Waals surface area contributed by atoms with Crippen LogP contribution in [0, 0.1) is 34.8 Å². The van der Waals surface area contributed by atoms with Gasteiger partial charge in [0.1, 0.15) is 23.3 Å². The van der Waals surface area contributed by atoms with Gasteiger partial charge in [0.05, 0.1) is 0 Å². The van der Waals surface area contributed by atoms with Gasteiger partial charge in [0.25, 0.3) is 0 Å². The Morgan fingerprint density at radius 3 is 2.11 bits per heavy atom. The highest BCUT2D eigenvalue weighted by atomic mass is 19.1. The molecule has 0 amide bonds. The van der Waals surface area contributed by atoms with Crippen LogP contribution in [0.1, 0.15) is 49.7 Å². The average molecular weight is 365 g/mol. The van der Waals surface area contributed by atoms with Crippen molar-refractivity contribution in [3.63, 3.8) is 0 Å². The SMILES string of the molecule is C=CCC1CCC(CCc2ccc(-c3cc(F)c(C#N)c(F)c3)cc2)CC1. The zero-order valence-corrected chi connectivity index (χ0v) is 15.6. The summed E-state index contributed by atoms with van der Waals surface area (Å²) in [6, 6.07) is 11.9. The number of hydrogen-bond acceptors (Lipinski definition) is 1. The molecule has 27 heavy (non-hydrogen) atoms. The Labute approximate surface area is 160 Å². The summed E-state index contributed by atoms with van der Waals surface area (Å²) in [6.45, 7) is 3.84. The third-order valence-corrected chi connectivity index (χ3v) is 5.75. The predicted molar refractivity (Wildman–Crippen MR) is 105 cm³/mol. The molecule has 3 heteroatoms. The fourth-order valence-electron chi connectivity index (χ4n) is 4.07. The number of hydrogen-bond donors (Lipinski definition) is 0. The Kier molecular flexibility index (Phi) is 6.40. The van der Waals surface area contributed by atoms with Crippen molar-refractivity contribution in [1.29, 1.82) is 5.26 Å².